The van der Waals surface area contributed by atoms with E-state index in [9.17, 15) is 0 Å². The van der Waals surface area contributed by atoms with Gasteiger partial charge in [-0.3, -0.25) is 0 Å². The van der Waals surface area contributed by atoms with E-state index in [4.69, 9.17) is 5.73 Å². The summed E-state index contributed by atoms with van der Waals surface area (Å²) in [4.78, 5) is 6.90. The van der Waals surface area contributed by atoms with Crippen LogP contribution in [0.5, 0.6) is 0 Å². The highest BCUT2D eigenvalue weighted by Crippen LogP contribution is 2.24. The van der Waals surface area contributed by atoms with Crippen molar-refractivity contribution in [3.63, 3.8) is 0 Å². The van der Waals surface area contributed by atoms with Crippen LogP contribution in [0, 0.1) is 0 Å². The van der Waals surface area contributed by atoms with Crippen molar-refractivity contribution in [2.24, 2.45) is 5.73 Å². The largest absolute Gasteiger partial charge is 0.346 e. The first-order valence-electron chi connectivity index (χ1n) is 5.53. The molecule has 0 aliphatic carbocycles. The molecule has 0 aliphatic heterocycles. The van der Waals surface area contributed by atoms with E-state index in [-0.39, 0.29) is 6.04 Å². The van der Waals surface area contributed by atoms with E-state index in [0.717, 1.165) is 23.8 Å². The first kappa shape index (κ1) is 12.5. The number of nitrogens with two attached hydrogens (primary N) is 1. The monoisotopic (exact) mass is 227 g/mol. The molecule has 4 heteroatoms. The molecule has 0 fully saturated rings. The Bertz CT molecular complexity index is 294. The number of aromatic nitrogens is 1. The van der Waals surface area contributed by atoms with Crippen LogP contribution in [0.15, 0.2) is 5.38 Å². The molecule has 0 saturated carbocycles. The lowest BCUT2D eigenvalue weighted by atomic mass is 10.3. The van der Waals surface area contributed by atoms with Crippen molar-refractivity contribution in [3.8, 4) is 0 Å². The molecule has 3 nitrogen and oxygen atoms in total. The Morgan fingerprint density at radius 3 is 2.53 bits per heavy atom. The Labute approximate surface area is 96.3 Å². The molecule has 1 heterocycles. The van der Waals surface area contributed by atoms with Crippen LogP contribution in [-0.4, -0.2) is 17.6 Å². The van der Waals surface area contributed by atoms with E-state index in [1.807, 2.05) is 6.92 Å². The minimum absolute atomic E-state index is 0.0330. The van der Waals surface area contributed by atoms with Crippen LogP contribution in [0.3, 0.4) is 0 Å². The number of nitrogens with zero attached hydrogens (tertiary/aromatic N) is 2. The van der Waals surface area contributed by atoms with E-state index in [0.29, 0.717) is 6.04 Å². The van der Waals surface area contributed by atoms with Gasteiger partial charge in [0.25, 0.3) is 0 Å². The molecule has 0 aromatic carbocycles. The van der Waals surface area contributed by atoms with Crippen LogP contribution in [0.2, 0.25) is 0 Å². The number of hydrogen-bond donors (Lipinski definition) is 1. The van der Waals surface area contributed by atoms with Crippen LogP contribution in [-0.2, 0) is 0 Å². The zero-order valence-electron chi connectivity index (χ0n) is 10.0. The Morgan fingerprint density at radius 1 is 1.47 bits per heavy atom. The minimum atomic E-state index is 0.0330. The highest BCUT2D eigenvalue weighted by Gasteiger charge is 2.14. The molecule has 0 bridgehead atoms. The second-order valence-corrected chi connectivity index (χ2v) is 4.97. The molecule has 15 heavy (non-hydrogen) atoms. The van der Waals surface area contributed by atoms with Gasteiger partial charge in [-0.1, -0.05) is 6.92 Å². The van der Waals surface area contributed by atoms with E-state index < -0.39 is 0 Å². The Morgan fingerprint density at radius 2 is 2.13 bits per heavy atom. The molecule has 1 aromatic rings. The maximum Gasteiger partial charge on any atom is 0.185 e. The van der Waals surface area contributed by atoms with E-state index >= 15 is 0 Å². The van der Waals surface area contributed by atoms with Gasteiger partial charge in [-0.25, -0.2) is 4.98 Å². The van der Waals surface area contributed by atoms with Gasteiger partial charge < -0.3 is 10.6 Å². The molecular formula is C11H21N3S. The smallest absolute Gasteiger partial charge is 0.185 e. The summed E-state index contributed by atoms with van der Waals surface area (Å²) in [6.07, 6.45) is 1.14. The molecule has 1 aromatic heterocycles. The number of anilines is 1. The van der Waals surface area contributed by atoms with E-state index in [1.165, 1.54) is 0 Å². The van der Waals surface area contributed by atoms with Crippen molar-refractivity contribution >= 4 is 16.5 Å². The lowest BCUT2D eigenvalue weighted by molar-refractivity contribution is 0.665. The third kappa shape index (κ3) is 3.18. The summed E-state index contributed by atoms with van der Waals surface area (Å²) in [7, 11) is 0. The molecule has 2 N–H and O–H groups in total. The van der Waals surface area contributed by atoms with Gasteiger partial charge >= 0.3 is 0 Å². The summed E-state index contributed by atoms with van der Waals surface area (Å²) in [5.41, 5.74) is 6.80. The van der Waals surface area contributed by atoms with Gasteiger partial charge in [0.1, 0.15) is 0 Å². The number of rotatable bonds is 5. The molecule has 1 atom stereocenters. The lowest BCUT2D eigenvalue weighted by Crippen LogP contribution is -2.31. The van der Waals surface area contributed by atoms with Crippen molar-refractivity contribution in [1.29, 1.82) is 0 Å². The van der Waals surface area contributed by atoms with Gasteiger partial charge in [-0.2, -0.15) is 0 Å². The van der Waals surface area contributed by atoms with Crippen LogP contribution < -0.4 is 10.6 Å². The maximum absolute atomic E-state index is 5.80. The average Bonchev–Trinajstić information content (AvgIpc) is 2.62. The van der Waals surface area contributed by atoms with Crippen LogP contribution in [0.4, 0.5) is 5.13 Å². The molecule has 0 spiro atoms. The normalized spacial score (nSPS) is 13.2. The Balaban J connectivity index is 2.81. The van der Waals surface area contributed by atoms with Gasteiger partial charge in [0.15, 0.2) is 5.13 Å². The fourth-order valence-electron chi connectivity index (χ4n) is 1.43. The second kappa shape index (κ2) is 5.47. The number of thiazole rings is 1. The fourth-order valence-corrected chi connectivity index (χ4v) is 2.52. The maximum atomic E-state index is 5.80. The van der Waals surface area contributed by atoms with Gasteiger partial charge in [0, 0.05) is 24.0 Å². The third-order valence-electron chi connectivity index (χ3n) is 2.31. The van der Waals surface area contributed by atoms with Crippen LogP contribution >= 0.6 is 11.3 Å². The molecule has 0 saturated heterocycles. The highest BCUT2D eigenvalue weighted by atomic mass is 32.1. The lowest BCUT2D eigenvalue weighted by Gasteiger charge is -2.25. The van der Waals surface area contributed by atoms with Crippen LogP contribution in [0.1, 0.15) is 45.9 Å². The predicted octanol–water partition coefficient (Wildman–Crippen LogP) is 2.79. The van der Waals surface area contributed by atoms with E-state index in [2.05, 4.69) is 36.0 Å². The van der Waals surface area contributed by atoms with Gasteiger partial charge in [0.2, 0.25) is 0 Å². The van der Waals surface area contributed by atoms with Crippen molar-refractivity contribution in [2.75, 3.05) is 11.4 Å². The third-order valence-corrected chi connectivity index (χ3v) is 3.21. The molecule has 0 radical (unpaired) electrons. The summed E-state index contributed by atoms with van der Waals surface area (Å²) in [6, 6.07) is 0.530. The van der Waals surface area contributed by atoms with Crippen molar-refractivity contribution in [3.05, 3.63) is 11.1 Å². The molecule has 86 valence electrons. The molecule has 1 unspecified atom stereocenters. The summed E-state index contributed by atoms with van der Waals surface area (Å²) < 4.78 is 0. The van der Waals surface area contributed by atoms with Crippen molar-refractivity contribution in [1.82, 2.24) is 4.98 Å². The summed E-state index contributed by atoms with van der Waals surface area (Å²) in [6.45, 7) is 9.61. The minimum Gasteiger partial charge on any atom is -0.346 e. The molecule has 0 amide bonds. The zero-order chi connectivity index (χ0) is 11.4. The first-order valence-corrected chi connectivity index (χ1v) is 6.41. The van der Waals surface area contributed by atoms with Gasteiger partial charge in [-0.15, -0.1) is 11.3 Å². The first-order chi connectivity index (χ1) is 7.06. The quantitative estimate of drug-likeness (QED) is 0.841. The SMILES string of the molecule is CCCN(c1nc(C(C)N)cs1)C(C)C. The van der Waals surface area contributed by atoms with Gasteiger partial charge in [0.05, 0.1) is 5.69 Å². The van der Waals surface area contributed by atoms with E-state index in [1.54, 1.807) is 11.3 Å². The van der Waals surface area contributed by atoms with Crippen molar-refractivity contribution < 1.29 is 0 Å². The summed E-state index contributed by atoms with van der Waals surface area (Å²) in [5.74, 6) is 0. The van der Waals surface area contributed by atoms with Gasteiger partial charge in [-0.05, 0) is 27.2 Å². The summed E-state index contributed by atoms with van der Waals surface area (Å²) in [5, 5.41) is 3.16. The predicted molar refractivity (Wildman–Crippen MR) is 67.5 cm³/mol. The molecule has 0 aliphatic rings. The Kier molecular flexibility index (Phi) is 4.54. The molecular weight excluding hydrogens is 206 g/mol. The summed E-state index contributed by atoms with van der Waals surface area (Å²) >= 11 is 1.69. The standard InChI is InChI=1S/C11H21N3S/c1-5-6-14(8(2)3)11-13-10(7-15-11)9(4)12/h7-9H,5-6,12H2,1-4H3. The average molecular weight is 227 g/mol. The van der Waals surface area contributed by atoms with Crippen molar-refractivity contribution in [2.45, 2.75) is 46.2 Å². The zero-order valence-corrected chi connectivity index (χ0v) is 10.8. The second-order valence-electron chi connectivity index (χ2n) is 4.13. The fraction of sp³-hybridized carbons (Fsp3) is 0.727. The highest BCUT2D eigenvalue weighted by molar-refractivity contribution is 7.13. The van der Waals surface area contributed by atoms with Crippen LogP contribution in [0.25, 0.3) is 0 Å². The molecule has 1 rings (SSSR count). The number of hydrogen-bond acceptors (Lipinski definition) is 4. The Hall–Kier alpha value is -0.610. The topological polar surface area (TPSA) is 42.2 Å².